The Balaban J connectivity index is 1.79. The standard InChI is InChI=1S/C15H16O3/c16-14(9-11-5-7-17-8-6-11)13-10-18-15-4-2-1-3-12(13)15/h1-4,10-11H,5-9H2. The van der Waals surface area contributed by atoms with Crippen molar-refractivity contribution in [1.82, 2.24) is 0 Å². The van der Waals surface area contributed by atoms with E-state index in [2.05, 4.69) is 0 Å². The summed E-state index contributed by atoms with van der Waals surface area (Å²) in [5.41, 5.74) is 1.50. The highest BCUT2D eigenvalue weighted by atomic mass is 16.5. The van der Waals surface area contributed by atoms with Crippen molar-refractivity contribution in [3.8, 4) is 0 Å². The molecule has 0 unspecified atom stereocenters. The number of rotatable bonds is 3. The van der Waals surface area contributed by atoms with E-state index in [1.54, 1.807) is 6.26 Å². The number of ketones is 1. The maximum absolute atomic E-state index is 12.3. The van der Waals surface area contributed by atoms with Gasteiger partial charge in [-0.15, -0.1) is 0 Å². The average Bonchev–Trinajstić information content (AvgIpc) is 2.84. The monoisotopic (exact) mass is 244 g/mol. The van der Waals surface area contributed by atoms with Crippen LogP contribution in [0.1, 0.15) is 29.6 Å². The molecule has 2 aromatic rings. The van der Waals surface area contributed by atoms with Crippen LogP contribution in [0.15, 0.2) is 34.9 Å². The highest BCUT2D eigenvalue weighted by Gasteiger charge is 2.20. The van der Waals surface area contributed by atoms with Gasteiger partial charge >= 0.3 is 0 Å². The highest BCUT2D eigenvalue weighted by molar-refractivity contribution is 6.07. The summed E-state index contributed by atoms with van der Waals surface area (Å²) in [4.78, 5) is 12.3. The first kappa shape index (κ1) is 11.5. The molecule has 0 aliphatic carbocycles. The molecule has 0 bridgehead atoms. The normalized spacial score (nSPS) is 17.1. The van der Waals surface area contributed by atoms with Crippen LogP contribution in [-0.4, -0.2) is 19.0 Å². The van der Waals surface area contributed by atoms with Crippen LogP contribution in [0.4, 0.5) is 0 Å². The van der Waals surface area contributed by atoms with Crippen molar-refractivity contribution in [2.45, 2.75) is 19.3 Å². The molecule has 3 rings (SSSR count). The first-order valence-electron chi connectivity index (χ1n) is 6.42. The lowest BCUT2D eigenvalue weighted by molar-refractivity contribution is 0.0601. The van der Waals surface area contributed by atoms with E-state index in [1.807, 2.05) is 24.3 Å². The molecule has 1 aromatic carbocycles. The van der Waals surface area contributed by atoms with E-state index in [0.29, 0.717) is 12.3 Å². The molecular formula is C15H16O3. The Kier molecular flexibility index (Phi) is 3.15. The lowest BCUT2D eigenvalue weighted by Gasteiger charge is -2.20. The zero-order chi connectivity index (χ0) is 12.4. The minimum absolute atomic E-state index is 0.187. The third-order valence-corrected chi connectivity index (χ3v) is 3.60. The van der Waals surface area contributed by atoms with Crippen molar-refractivity contribution in [2.24, 2.45) is 5.92 Å². The molecule has 3 nitrogen and oxygen atoms in total. The number of Topliss-reactive ketones (excluding diaryl/α,β-unsaturated/α-hetero) is 1. The van der Waals surface area contributed by atoms with Gasteiger partial charge in [-0.1, -0.05) is 18.2 Å². The van der Waals surface area contributed by atoms with Gasteiger partial charge in [-0.3, -0.25) is 4.79 Å². The fourth-order valence-corrected chi connectivity index (χ4v) is 2.52. The Bertz CT molecular complexity index is 550. The predicted molar refractivity (Wildman–Crippen MR) is 68.7 cm³/mol. The molecule has 18 heavy (non-hydrogen) atoms. The minimum Gasteiger partial charge on any atom is -0.464 e. The summed E-state index contributed by atoms with van der Waals surface area (Å²) in [5.74, 6) is 0.645. The summed E-state index contributed by atoms with van der Waals surface area (Å²) in [7, 11) is 0. The van der Waals surface area contributed by atoms with Gasteiger partial charge in [-0.25, -0.2) is 0 Å². The molecule has 1 aliphatic rings. The van der Waals surface area contributed by atoms with Crippen LogP contribution >= 0.6 is 0 Å². The average molecular weight is 244 g/mol. The molecule has 3 heteroatoms. The van der Waals surface area contributed by atoms with Crippen LogP contribution in [0.25, 0.3) is 11.0 Å². The zero-order valence-corrected chi connectivity index (χ0v) is 10.2. The van der Waals surface area contributed by atoms with Crippen LogP contribution in [-0.2, 0) is 4.74 Å². The van der Waals surface area contributed by atoms with Crippen molar-refractivity contribution in [1.29, 1.82) is 0 Å². The maximum Gasteiger partial charge on any atom is 0.167 e. The van der Waals surface area contributed by atoms with Gasteiger partial charge in [0, 0.05) is 25.0 Å². The smallest absolute Gasteiger partial charge is 0.167 e. The molecule has 0 N–H and O–H groups in total. The molecule has 0 spiro atoms. The van der Waals surface area contributed by atoms with Gasteiger partial charge in [0.15, 0.2) is 5.78 Å². The van der Waals surface area contributed by atoms with Gasteiger partial charge in [-0.2, -0.15) is 0 Å². The summed E-state index contributed by atoms with van der Waals surface area (Å²) in [6, 6.07) is 7.68. The Morgan fingerprint density at radius 2 is 2.00 bits per heavy atom. The zero-order valence-electron chi connectivity index (χ0n) is 10.2. The number of hydrogen-bond acceptors (Lipinski definition) is 3. The Labute approximate surface area is 106 Å². The summed E-state index contributed by atoms with van der Waals surface area (Å²) in [5, 5.41) is 0.926. The van der Waals surface area contributed by atoms with Crippen LogP contribution in [0.5, 0.6) is 0 Å². The summed E-state index contributed by atoms with van der Waals surface area (Å²) in [6.45, 7) is 1.56. The van der Waals surface area contributed by atoms with Gasteiger partial charge in [-0.05, 0) is 24.8 Å². The second-order valence-corrected chi connectivity index (χ2v) is 4.83. The predicted octanol–water partition coefficient (Wildman–Crippen LogP) is 3.43. The molecule has 1 saturated heterocycles. The van der Waals surface area contributed by atoms with Gasteiger partial charge in [0.1, 0.15) is 11.8 Å². The minimum atomic E-state index is 0.187. The molecule has 2 heterocycles. The third kappa shape index (κ3) is 2.18. The fraction of sp³-hybridized carbons (Fsp3) is 0.400. The molecule has 1 aliphatic heterocycles. The van der Waals surface area contributed by atoms with Gasteiger partial charge in [0.25, 0.3) is 0 Å². The summed E-state index contributed by atoms with van der Waals surface area (Å²) >= 11 is 0. The van der Waals surface area contributed by atoms with Crippen LogP contribution in [0, 0.1) is 5.92 Å². The fourth-order valence-electron chi connectivity index (χ4n) is 2.52. The van der Waals surface area contributed by atoms with E-state index in [-0.39, 0.29) is 5.78 Å². The van der Waals surface area contributed by atoms with Crippen LogP contribution < -0.4 is 0 Å². The van der Waals surface area contributed by atoms with E-state index in [1.165, 1.54) is 0 Å². The second kappa shape index (κ2) is 4.94. The number of carbonyl (C=O) groups excluding carboxylic acids is 1. The number of furan rings is 1. The van der Waals surface area contributed by atoms with Crippen molar-refractivity contribution in [2.75, 3.05) is 13.2 Å². The lowest BCUT2D eigenvalue weighted by atomic mass is 9.92. The lowest BCUT2D eigenvalue weighted by Crippen LogP contribution is -2.18. The highest BCUT2D eigenvalue weighted by Crippen LogP contribution is 2.26. The van der Waals surface area contributed by atoms with Crippen molar-refractivity contribution in [3.63, 3.8) is 0 Å². The quantitative estimate of drug-likeness (QED) is 0.776. The molecule has 0 radical (unpaired) electrons. The molecule has 1 aromatic heterocycles. The number of benzene rings is 1. The molecule has 94 valence electrons. The summed E-state index contributed by atoms with van der Waals surface area (Å²) in [6.07, 6.45) is 4.17. The van der Waals surface area contributed by atoms with Crippen LogP contribution in [0.3, 0.4) is 0 Å². The molecule has 0 saturated carbocycles. The largest absolute Gasteiger partial charge is 0.464 e. The Morgan fingerprint density at radius 1 is 1.22 bits per heavy atom. The van der Waals surface area contributed by atoms with E-state index in [4.69, 9.17) is 9.15 Å². The second-order valence-electron chi connectivity index (χ2n) is 4.83. The first-order chi connectivity index (χ1) is 8.84. The topological polar surface area (TPSA) is 39.4 Å². The first-order valence-corrected chi connectivity index (χ1v) is 6.42. The number of para-hydroxylation sites is 1. The van der Waals surface area contributed by atoms with Crippen molar-refractivity contribution < 1.29 is 13.9 Å². The third-order valence-electron chi connectivity index (χ3n) is 3.60. The molecule has 0 atom stereocenters. The van der Waals surface area contributed by atoms with Gasteiger partial charge < -0.3 is 9.15 Å². The van der Waals surface area contributed by atoms with Crippen molar-refractivity contribution >= 4 is 16.8 Å². The molecular weight excluding hydrogens is 228 g/mol. The van der Waals surface area contributed by atoms with Gasteiger partial charge in [0.2, 0.25) is 0 Å². The van der Waals surface area contributed by atoms with E-state index >= 15 is 0 Å². The van der Waals surface area contributed by atoms with Crippen molar-refractivity contribution in [3.05, 3.63) is 36.1 Å². The summed E-state index contributed by atoms with van der Waals surface area (Å²) < 4.78 is 10.7. The van der Waals surface area contributed by atoms with Gasteiger partial charge in [0.05, 0.1) is 5.56 Å². The molecule has 1 fully saturated rings. The number of carbonyl (C=O) groups is 1. The van der Waals surface area contributed by atoms with E-state index < -0.39 is 0 Å². The molecule has 0 amide bonds. The Morgan fingerprint density at radius 3 is 2.83 bits per heavy atom. The number of hydrogen-bond donors (Lipinski definition) is 0. The number of fused-ring (bicyclic) bond motifs is 1. The van der Waals surface area contributed by atoms with E-state index in [0.717, 1.165) is 42.6 Å². The maximum atomic E-state index is 12.3. The van der Waals surface area contributed by atoms with Crippen LogP contribution in [0.2, 0.25) is 0 Å². The van der Waals surface area contributed by atoms with E-state index in [9.17, 15) is 4.79 Å². The SMILES string of the molecule is O=C(CC1CCOCC1)c1coc2ccccc12. The Hall–Kier alpha value is -1.61. The number of ether oxygens (including phenoxy) is 1.